The van der Waals surface area contributed by atoms with Crippen molar-refractivity contribution < 1.29 is 22.3 Å². The Morgan fingerprint density at radius 2 is 1.96 bits per heavy atom. The van der Waals surface area contributed by atoms with Crippen molar-refractivity contribution in [1.82, 2.24) is 9.62 Å². The monoisotopic (exact) mass is 366 g/mol. The largest absolute Gasteiger partial charge is 0.465 e. The van der Waals surface area contributed by atoms with E-state index in [0.29, 0.717) is 12.8 Å². The van der Waals surface area contributed by atoms with Gasteiger partial charge in [-0.2, -0.15) is 4.31 Å². The maximum absolute atomic E-state index is 13.4. The molecule has 1 aliphatic heterocycles. The first kappa shape index (κ1) is 19.8. The highest BCUT2D eigenvalue weighted by Crippen LogP contribution is 2.25. The van der Waals surface area contributed by atoms with Gasteiger partial charge in [0.25, 0.3) is 0 Å². The standard InChI is InChI=1S/C14H19FN2O4S.ClH/c1-17(11-5-7-16-8-6-11)22(19,20)13-4-3-10(15)9-12(13)14(18)21-2;/h3-4,9,11,16H,5-8H2,1-2H3;1H. The highest BCUT2D eigenvalue weighted by atomic mass is 35.5. The number of benzene rings is 1. The third-order valence-corrected chi connectivity index (χ3v) is 5.80. The van der Waals surface area contributed by atoms with Crippen molar-refractivity contribution in [3.63, 3.8) is 0 Å². The molecule has 1 heterocycles. The van der Waals surface area contributed by atoms with Gasteiger partial charge in [-0.15, -0.1) is 12.4 Å². The zero-order valence-corrected chi connectivity index (χ0v) is 14.5. The highest BCUT2D eigenvalue weighted by molar-refractivity contribution is 7.89. The smallest absolute Gasteiger partial charge is 0.339 e. The number of ether oxygens (including phenoxy) is 1. The summed E-state index contributed by atoms with van der Waals surface area (Å²) in [6.45, 7) is 1.47. The molecule has 0 spiro atoms. The molecule has 1 aromatic carbocycles. The third-order valence-electron chi connectivity index (χ3n) is 3.83. The topological polar surface area (TPSA) is 75.7 Å². The van der Waals surface area contributed by atoms with Gasteiger partial charge in [0.05, 0.1) is 17.6 Å². The lowest BCUT2D eigenvalue weighted by Gasteiger charge is -2.31. The van der Waals surface area contributed by atoms with Gasteiger partial charge in [-0.05, 0) is 44.1 Å². The SMILES string of the molecule is COC(=O)c1cc(F)ccc1S(=O)(=O)N(C)C1CCNCC1.Cl. The molecule has 0 bridgehead atoms. The average molecular weight is 367 g/mol. The number of hydrogen-bond donors (Lipinski definition) is 1. The number of sulfonamides is 1. The number of hydrogen-bond acceptors (Lipinski definition) is 5. The van der Waals surface area contributed by atoms with E-state index < -0.39 is 21.8 Å². The second-order valence-electron chi connectivity index (χ2n) is 5.13. The zero-order chi connectivity index (χ0) is 16.3. The molecule has 1 aromatic rings. The molecule has 1 N–H and O–H groups in total. The summed E-state index contributed by atoms with van der Waals surface area (Å²) in [5, 5.41) is 3.16. The van der Waals surface area contributed by atoms with Gasteiger partial charge in [-0.1, -0.05) is 0 Å². The molecule has 2 rings (SSSR count). The van der Waals surface area contributed by atoms with Crippen LogP contribution in [0.4, 0.5) is 4.39 Å². The number of nitrogens with zero attached hydrogens (tertiary/aromatic N) is 1. The number of methoxy groups -OCH3 is 1. The number of nitrogens with one attached hydrogen (secondary N) is 1. The molecule has 0 aromatic heterocycles. The predicted molar refractivity (Wildman–Crippen MR) is 85.8 cm³/mol. The Kier molecular flexibility index (Phi) is 6.94. The molecule has 0 saturated carbocycles. The fraction of sp³-hybridized carbons (Fsp3) is 0.500. The van der Waals surface area contributed by atoms with Crippen molar-refractivity contribution in [3.8, 4) is 0 Å². The van der Waals surface area contributed by atoms with Crippen LogP contribution in [0, 0.1) is 5.82 Å². The van der Waals surface area contributed by atoms with Gasteiger partial charge in [0.2, 0.25) is 10.0 Å². The van der Waals surface area contributed by atoms with E-state index in [0.717, 1.165) is 38.4 Å². The van der Waals surface area contributed by atoms with Crippen molar-refractivity contribution in [2.24, 2.45) is 0 Å². The van der Waals surface area contributed by atoms with Gasteiger partial charge < -0.3 is 10.1 Å². The number of esters is 1. The molecule has 1 saturated heterocycles. The summed E-state index contributed by atoms with van der Waals surface area (Å²) in [7, 11) is -1.30. The summed E-state index contributed by atoms with van der Waals surface area (Å²) in [5.74, 6) is -1.57. The third kappa shape index (κ3) is 4.20. The highest BCUT2D eigenvalue weighted by Gasteiger charge is 2.32. The van der Waals surface area contributed by atoms with Gasteiger partial charge in [-0.25, -0.2) is 17.6 Å². The first-order valence-electron chi connectivity index (χ1n) is 6.94. The second-order valence-corrected chi connectivity index (χ2v) is 7.10. The predicted octanol–water partition coefficient (Wildman–Crippen LogP) is 1.41. The van der Waals surface area contributed by atoms with Crippen molar-refractivity contribution >= 4 is 28.4 Å². The van der Waals surface area contributed by atoms with Gasteiger partial charge >= 0.3 is 5.97 Å². The average Bonchev–Trinajstić information content (AvgIpc) is 2.53. The van der Waals surface area contributed by atoms with Crippen molar-refractivity contribution in [3.05, 3.63) is 29.6 Å². The van der Waals surface area contributed by atoms with Crippen LogP contribution in [-0.4, -0.2) is 52.0 Å². The second kappa shape index (κ2) is 8.05. The number of piperidine rings is 1. The molecule has 0 atom stereocenters. The molecule has 0 amide bonds. The number of carbonyl (C=O) groups is 1. The molecule has 6 nitrogen and oxygen atoms in total. The fourth-order valence-electron chi connectivity index (χ4n) is 2.52. The maximum atomic E-state index is 13.4. The number of rotatable bonds is 4. The van der Waals surface area contributed by atoms with Gasteiger partial charge in [0.15, 0.2) is 0 Å². The van der Waals surface area contributed by atoms with Crippen LogP contribution in [0.5, 0.6) is 0 Å². The molecular formula is C14H20ClFN2O4S. The Labute approximate surface area is 141 Å². The summed E-state index contributed by atoms with van der Waals surface area (Å²) in [5.41, 5.74) is -0.289. The van der Waals surface area contributed by atoms with E-state index in [4.69, 9.17) is 0 Å². The molecule has 9 heteroatoms. The number of halogens is 2. The van der Waals surface area contributed by atoms with Crippen LogP contribution in [0.3, 0.4) is 0 Å². The van der Waals surface area contributed by atoms with E-state index in [1.807, 2.05) is 0 Å². The van der Waals surface area contributed by atoms with E-state index in [1.54, 1.807) is 0 Å². The quantitative estimate of drug-likeness (QED) is 0.815. The summed E-state index contributed by atoms with van der Waals surface area (Å²) < 4.78 is 44.7. The lowest BCUT2D eigenvalue weighted by atomic mass is 10.1. The Morgan fingerprint density at radius 3 is 2.52 bits per heavy atom. The van der Waals surface area contributed by atoms with E-state index in [-0.39, 0.29) is 28.9 Å². The van der Waals surface area contributed by atoms with Crippen molar-refractivity contribution in [2.75, 3.05) is 27.2 Å². The van der Waals surface area contributed by atoms with Crippen molar-refractivity contribution in [1.29, 1.82) is 0 Å². The van der Waals surface area contributed by atoms with Crippen molar-refractivity contribution in [2.45, 2.75) is 23.8 Å². The van der Waals surface area contributed by atoms with Crippen LogP contribution < -0.4 is 5.32 Å². The van der Waals surface area contributed by atoms with Gasteiger partial charge in [0, 0.05) is 13.1 Å². The van der Waals surface area contributed by atoms with Crippen LogP contribution in [0.1, 0.15) is 23.2 Å². The van der Waals surface area contributed by atoms with Crippen LogP contribution >= 0.6 is 12.4 Å². The van der Waals surface area contributed by atoms with Crippen LogP contribution in [0.2, 0.25) is 0 Å². The molecule has 0 unspecified atom stereocenters. The zero-order valence-electron chi connectivity index (χ0n) is 12.9. The number of carbonyl (C=O) groups excluding carboxylic acids is 1. The minimum Gasteiger partial charge on any atom is -0.465 e. The van der Waals surface area contributed by atoms with Gasteiger partial charge in [-0.3, -0.25) is 0 Å². The first-order chi connectivity index (χ1) is 10.4. The minimum atomic E-state index is -3.90. The Hall–Kier alpha value is -1.22. The van der Waals surface area contributed by atoms with E-state index >= 15 is 0 Å². The van der Waals surface area contributed by atoms with Gasteiger partial charge in [0.1, 0.15) is 5.82 Å². The Balaban J connectivity index is 0.00000264. The molecular weight excluding hydrogens is 347 g/mol. The summed E-state index contributed by atoms with van der Waals surface area (Å²) in [4.78, 5) is 11.5. The molecule has 0 radical (unpaired) electrons. The fourth-order valence-corrected chi connectivity index (χ4v) is 4.09. The summed E-state index contributed by atoms with van der Waals surface area (Å²) in [6, 6.07) is 2.86. The van der Waals surface area contributed by atoms with E-state index in [2.05, 4.69) is 10.1 Å². The van der Waals surface area contributed by atoms with Crippen LogP contribution in [0.15, 0.2) is 23.1 Å². The Morgan fingerprint density at radius 1 is 1.35 bits per heavy atom. The first-order valence-corrected chi connectivity index (χ1v) is 8.38. The molecule has 0 aliphatic carbocycles. The molecule has 130 valence electrons. The lowest BCUT2D eigenvalue weighted by molar-refractivity contribution is 0.0595. The molecule has 23 heavy (non-hydrogen) atoms. The minimum absolute atomic E-state index is 0. The van der Waals surface area contributed by atoms with E-state index in [9.17, 15) is 17.6 Å². The normalized spacial score (nSPS) is 16.0. The molecule has 1 aliphatic rings. The Bertz CT molecular complexity index is 663. The maximum Gasteiger partial charge on any atom is 0.339 e. The van der Waals surface area contributed by atoms with Crippen LogP contribution in [0.25, 0.3) is 0 Å². The summed E-state index contributed by atoms with van der Waals surface area (Å²) >= 11 is 0. The lowest BCUT2D eigenvalue weighted by Crippen LogP contribution is -2.44. The molecule has 1 fully saturated rings. The van der Waals surface area contributed by atoms with E-state index in [1.165, 1.54) is 11.4 Å². The summed E-state index contributed by atoms with van der Waals surface area (Å²) in [6.07, 6.45) is 1.37. The van der Waals surface area contributed by atoms with Crippen LogP contribution in [-0.2, 0) is 14.8 Å².